The van der Waals surface area contributed by atoms with Crippen molar-refractivity contribution < 1.29 is 17.9 Å². The second-order valence-electron chi connectivity index (χ2n) is 2.68. The lowest BCUT2D eigenvalue weighted by molar-refractivity contribution is -0.154. The van der Waals surface area contributed by atoms with E-state index in [0.717, 1.165) is 6.20 Å². The molecule has 1 aromatic heterocycles. The van der Waals surface area contributed by atoms with Crippen molar-refractivity contribution in [3.05, 3.63) is 12.4 Å². The lowest BCUT2D eigenvalue weighted by atomic mass is 10.6. The predicted octanol–water partition coefficient (Wildman–Crippen LogP) is 1.85. The van der Waals surface area contributed by atoms with Gasteiger partial charge in [0.25, 0.3) is 0 Å². The van der Waals surface area contributed by atoms with Gasteiger partial charge < -0.3 is 10.1 Å². The van der Waals surface area contributed by atoms with Gasteiger partial charge in [0.2, 0.25) is 5.88 Å². The first-order chi connectivity index (χ1) is 7.01. The van der Waals surface area contributed by atoms with Crippen molar-refractivity contribution in [3.63, 3.8) is 0 Å². The zero-order chi connectivity index (χ0) is 11.3. The monoisotopic (exact) mass is 221 g/mol. The van der Waals surface area contributed by atoms with Crippen LogP contribution in [0.3, 0.4) is 0 Å². The lowest BCUT2D eigenvalue weighted by Gasteiger charge is -2.08. The highest BCUT2D eigenvalue weighted by atomic mass is 19.4. The van der Waals surface area contributed by atoms with Crippen molar-refractivity contribution in [1.82, 2.24) is 9.97 Å². The van der Waals surface area contributed by atoms with Crippen LogP contribution in [0.25, 0.3) is 0 Å². The van der Waals surface area contributed by atoms with Crippen LogP contribution in [0.15, 0.2) is 12.4 Å². The van der Waals surface area contributed by atoms with E-state index < -0.39 is 12.8 Å². The quantitative estimate of drug-likeness (QED) is 0.842. The maximum Gasteiger partial charge on any atom is 0.422 e. The van der Waals surface area contributed by atoms with Crippen LogP contribution in [0.5, 0.6) is 5.88 Å². The molecule has 7 heteroatoms. The molecule has 15 heavy (non-hydrogen) atoms. The van der Waals surface area contributed by atoms with E-state index >= 15 is 0 Å². The summed E-state index contributed by atoms with van der Waals surface area (Å²) in [7, 11) is 0. The molecule has 0 saturated carbocycles. The Morgan fingerprint density at radius 3 is 2.73 bits per heavy atom. The fraction of sp³-hybridized carbons (Fsp3) is 0.500. The second kappa shape index (κ2) is 4.81. The summed E-state index contributed by atoms with van der Waals surface area (Å²) in [5, 5.41) is 2.81. The first-order valence-corrected chi connectivity index (χ1v) is 4.26. The molecule has 1 rings (SSSR count). The van der Waals surface area contributed by atoms with Crippen molar-refractivity contribution in [1.29, 1.82) is 0 Å². The smallest absolute Gasteiger partial charge is 0.422 e. The van der Waals surface area contributed by atoms with Crippen LogP contribution >= 0.6 is 0 Å². The molecule has 0 aliphatic carbocycles. The van der Waals surface area contributed by atoms with Crippen LogP contribution in [0.2, 0.25) is 0 Å². The summed E-state index contributed by atoms with van der Waals surface area (Å²) < 4.78 is 39.8. The molecular formula is C8H10F3N3O. The first-order valence-electron chi connectivity index (χ1n) is 4.26. The maximum atomic E-state index is 11.8. The van der Waals surface area contributed by atoms with Gasteiger partial charge in [-0.05, 0) is 6.92 Å². The third kappa shape index (κ3) is 4.48. The van der Waals surface area contributed by atoms with Crippen LogP contribution in [-0.2, 0) is 0 Å². The molecule has 0 atom stereocenters. The summed E-state index contributed by atoms with van der Waals surface area (Å²) in [6.07, 6.45) is -1.83. The Bertz CT molecular complexity index is 316. The molecule has 0 spiro atoms. The number of nitrogens with one attached hydrogen (secondary N) is 1. The number of anilines is 1. The normalized spacial score (nSPS) is 11.2. The van der Waals surface area contributed by atoms with Gasteiger partial charge in [-0.3, -0.25) is 4.98 Å². The molecule has 4 nitrogen and oxygen atoms in total. The average Bonchev–Trinajstić information content (AvgIpc) is 2.15. The van der Waals surface area contributed by atoms with Gasteiger partial charge in [-0.25, -0.2) is 0 Å². The van der Waals surface area contributed by atoms with Crippen molar-refractivity contribution in [3.8, 4) is 5.88 Å². The van der Waals surface area contributed by atoms with Crippen LogP contribution in [0.1, 0.15) is 6.92 Å². The van der Waals surface area contributed by atoms with Crippen molar-refractivity contribution in [2.45, 2.75) is 13.1 Å². The van der Waals surface area contributed by atoms with Gasteiger partial charge in [-0.2, -0.15) is 18.2 Å². The predicted molar refractivity (Wildman–Crippen MR) is 47.7 cm³/mol. The van der Waals surface area contributed by atoms with E-state index in [1.54, 1.807) is 0 Å². The minimum Gasteiger partial charge on any atom is -0.467 e. The van der Waals surface area contributed by atoms with E-state index in [2.05, 4.69) is 20.0 Å². The zero-order valence-corrected chi connectivity index (χ0v) is 8.01. The van der Waals surface area contributed by atoms with Crippen LogP contribution in [0, 0.1) is 0 Å². The summed E-state index contributed by atoms with van der Waals surface area (Å²) >= 11 is 0. The molecule has 0 aromatic carbocycles. The number of halogens is 3. The van der Waals surface area contributed by atoms with Gasteiger partial charge in [0, 0.05) is 6.54 Å². The molecule has 0 radical (unpaired) electrons. The second-order valence-corrected chi connectivity index (χ2v) is 2.68. The van der Waals surface area contributed by atoms with E-state index in [0.29, 0.717) is 12.4 Å². The number of hydrogen-bond acceptors (Lipinski definition) is 4. The SMILES string of the molecule is CCNc1cncc(OCC(F)(F)F)n1. The fourth-order valence-corrected chi connectivity index (χ4v) is 0.840. The summed E-state index contributed by atoms with van der Waals surface area (Å²) in [4.78, 5) is 7.46. The number of nitrogens with zero attached hydrogens (tertiary/aromatic N) is 2. The Morgan fingerprint density at radius 2 is 2.13 bits per heavy atom. The van der Waals surface area contributed by atoms with E-state index in [1.165, 1.54) is 6.20 Å². The zero-order valence-electron chi connectivity index (χ0n) is 8.01. The molecule has 84 valence electrons. The molecule has 0 fully saturated rings. The highest BCUT2D eigenvalue weighted by Crippen LogP contribution is 2.17. The van der Waals surface area contributed by atoms with Gasteiger partial charge >= 0.3 is 6.18 Å². The maximum absolute atomic E-state index is 11.8. The molecule has 0 unspecified atom stereocenters. The largest absolute Gasteiger partial charge is 0.467 e. The number of aromatic nitrogens is 2. The topological polar surface area (TPSA) is 47.0 Å². The number of alkyl halides is 3. The summed E-state index contributed by atoms with van der Waals surface area (Å²) in [5.41, 5.74) is 0. The van der Waals surface area contributed by atoms with Gasteiger partial charge in [0.1, 0.15) is 5.82 Å². The Balaban J connectivity index is 2.57. The van der Waals surface area contributed by atoms with Gasteiger partial charge in [-0.15, -0.1) is 0 Å². The highest BCUT2D eigenvalue weighted by Gasteiger charge is 2.28. The third-order valence-corrected chi connectivity index (χ3v) is 1.35. The van der Waals surface area contributed by atoms with Crippen molar-refractivity contribution in [2.75, 3.05) is 18.5 Å². The first kappa shape index (κ1) is 11.5. The molecule has 0 aliphatic heterocycles. The minimum absolute atomic E-state index is 0.147. The molecule has 1 heterocycles. The molecule has 0 amide bonds. The summed E-state index contributed by atoms with van der Waals surface area (Å²) in [6.45, 7) is 1.08. The molecule has 1 N–H and O–H groups in total. The lowest BCUT2D eigenvalue weighted by Crippen LogP contribution is -2.19. The van der Waals surface area contributed by atoms with E-state index in [4.69, 9.17) is 0 Å². The van der Waals surface area contributed by atoms with Crippen molar-refractivity contribution in [2.24, 2.45) is 0 Å². The number of ether oxygens (including phenoxy) is 1. The minimum atomic E-state index is -4.37. The Morgan fingerprint density at radius 1 is 1.40 bits per heavy atom. The molecular weight excluding hydrogens is 211 g/mol. The van der Waals surface area contributed by atoms with Crippen LogP contribution in [0.4, 0.5) is 19.0 Å². The molecule has 1 aromatic rings. The summed E-state index contributed by atoms with van der Waals surface area (Å²) in [6, 6.07) is 0. The van der Waals surface area contributed by atoms with E-state index in [-0.39, 0.29) is 5.88 Å². The third-order valence-electron chi connectivity index (χ3n) is 1.35. The number of hydrogen-bond donors (Lipinski definition) is 1. The Kier molecular flexibility index (Phi) is 3.70. The van der Waals surface area contributed by atoms with Gasteiger partial charge in [0.15, 0.2) is 6.61 Å². The fourth-order valence-electron chi connectivity index (χ4n) is 0.840. The Labute approximate surface area is 84.5 Å². The van der Waals surface area contributed by atoms with Crippen molar-refractivity contribution >= 4 is 5.82 Å². The van der Waals surface area contributed by atoms with Crippen LogP contribution in [-0.4, -0.2) is 29.3 Å². The average molecular weight is 221 g/mol. The van der Waals surface area contributed by atoms with Gasteiger partial charge in [-0.1, -0.05) is 0 Å². The van der Waals surface area contributed by atoms with E-state index in [1.807, 2.05) is 6.92 Å². The molecule has 0 aliphatic rings. The Hall–Kier alpha value is -1.53. The standard InChI is InChI=1S/C8H10F3N3O/c1-2-13-6-3-12-4-7(14-6)15-5-8(9,10)11/h3-4H,2,5H2,1H3,(H,13,14). The summed E-state index contributed by atoms with van der Waals surface area (Å²) in [5.74, 6) is 0.239. The highest BCUT2D eigenvalue weighted by molar-refractivity contribution is 5.32. The molecule has 0 saturated heterocycles. The van der Waals surface area contributed by atoms with E-state index in [9.17, 15) is 13.2 Å². The van der Waals surface area contributed by atoms with Crippen LogP contribution < -0.4 is 10.1 Å². The van der Waals surface area contributed by atoms with Gasteiger partial charge in [0.05, 0.1) is 12.4 Å². The molecule has 0 bridgehead atoms. The number of rotatable bonds is 4.